The predicted molar refractivity (Wildman–Crippen MR) is 119 cm³/mol. The van der Waals surface area contributed by atoms with Crippen molar-refractivity contribution in [1.29, 1.82) is 0 Å². The van der Waals surface area contributed by atoms with Crippen LogP contribution >= 0.6 is 0 Å². The number of rotatable bonds is 9. The van der Waals surface area contributed by atoms with Crippen LogP contribution in [0.1, 0.15) is 39.0 Å². The summed E-state index contributed by atoms with van der Waals surface area (Å²) in [6.45, 7) is 4.38. The summed E-state index contributed by atoms with van der Waals surface area (Å²) in [5.74, 6) is -1.90. The number of aryl methyl sites for hydroxylation is 1. The smallest absolute Gasteiger partial charge is 0.355 e. The number of H-pyrrole nitrogens is 1. The normalized spacial score (nSPS) is 11.2. The molecule has 1 aromatic heterocycles. The lowest BCUT2D eigenvalue weighted by atomic mass is 10.1. The molecule has 0 unspecified atom stereocenters. The van der Waals surface area contributed by atoms with E-state index in [1.165, 1.54) is 39.4 Å². The van der Waals surface area contributed by atoms with Gasteiger partial charge in [0.25, 0.3) is 5.91 Å². The standard InChI is InChI=1S/C21H27N3O8S/c1-7-31-20(26)18-12(2)19(22-13(18)3)21(27)32-11-17(25)23-15-10-14(8-9-16(15)30-6)33(28,29)24(4)5/h8-10,22H,7,11H2,1-6H3,(H,23,25). The monoisotopic (exact) mass is 481 g/mol. The molecule has 2 rings (SSSR count). The van der Waals surface area contributed by atoms with Crippen molar-refractivity contribution in [2.24, 2.45) is 0 Å². The van der Waals surface area contributed by atoms with E-state index in [1.807, 2.05) is 0 Å². The summed E-state index contributed by atoms with van der Waals surface area (Å²) in [5, 5.41) is 2.48. The van der Waals surface area contributed by atoms with E-state index >= 15 is 0 Å². The van der Waals surface area contributed by atoms with E-state index in [4.69, 9.17) is 14.2 Å². The van der Waals surface area contributed by atoms with Gasteiger partial charge in [-0.15, -0.1) is 0 Å². The first-order valence-corrected chi connectivity index (χ1v) is 11.3. The molecule has 2 N–H and O–H groups in total. The van der Waals surface area contributed by atoms with Gasteiger partial charge in [0, 0.05) is 19.8 Å². The average Bonchev–Trinajstić information content (AvgIpc) is 3.06. The lowest BCUT2D eigenvalue weighted by Gasteiger charge is -2.15. The zero-order valence-corrected chi connectivity index (χ0v) is 20.1. The fourth-order valence-corrected chi connectivity index (χ4v) is 3.94. The zero-order chi connectivity index (χ0) is 24.9. The van der Waals surface area contributed by atoms with E-state index in [2.05, 4.69) is 10.3 Å². The Labute approximate surface area is 192 Å². The molecule has 0 aliphatic rings. The molecule has 0 spiro atoms. The molecule has 0 saturated carbocycles. The summed E-state index contributed by atoms with van der Waals surface area (Å²) >= 11 is 0. The first kappa shape index (κ1) is 25.9. The number of anilines is 1. The van der Waals surface area contributed by atoms with Crippen molar-refractivity contribution in [2.45, 2.75) is 25.7 Å². The lowest BCUT2D eigenvalue weighted by molar-refractivity contribution is -0.119. The molecular formula is C21H27N3O8S. The van der Waals surface area contributed by atoms with Crippen LogP contribution in [-0.4, -0.2) is 70.0 Å². The number of hydrogen-bond donors (Lipinski definition) is 2. The number of amides is 1. The number of aromatic amines is 1. The Morgan fingerprint density at radius 1 is 1.09 bits per heavy atom. The quantitative estimate of drug-likeness (QED) is 0.517. The summed E-state index contributed by atoms with van der Waals surface area (Å²) in [6, 6.07) is 4.00. The zero-order valence-electron chi connectivity index (χ0n) is 19.3. The number of nitrogens with zero attached hydrogens (tertiary/aromatic N) is 1. The van der Waals surface area contributed by atoms with Gasteiger partial charge < -0.3 is 24.5 Å². The molecule has 0 aliphatic heterocycles. The number of methoxy groups -OCH3 is 1. The van der Waals surface area contributed by atoms with Gasteiger partial charge in [-0.1, -0.05) is 0 Å². The Bertz CT molecular complexity index is 1170. The van der Waals surface area contributed by atoms with Crippen LogP contribution in [0.25, 0.3) is 0 Å². The Morgan fingerprint density at radius 2 is 1.76 bits per heavy atom. The van der Waals surface area contributed by atoms with E-state index in [1.54, 1.807) is 20.8 Å². The maximum absolute atomic E-state index is 12.5. The van der Waals surface area contributed by atoms with Gasteiger partial charge in [-0.3, -0.25) is 4.79 Å². The van der Waals surface area contributed by atoms with Crippen molar-refractivity contribution >= 4 is 33.6 Å². The third kappa shape index (κ3) is 5.71. The molecule has 1 amide bonds. The summed E-state index contributed by atoms with van der Waals surface area (Å²) in [5.41, 5.74) is 1.14. The lowest BCUT2D eigenvalue weighted by Crippen LogP contribution is -2.24. The van der Waals surface area contributed by atoms with Gasteiger partial charge in [-0.05, 0) is 44.5 Å². The number of esters is 2. The third-order valence-corrected chi connectivity index (χ3v) is 6.49. The Balaban J connectivity index is 2.14. The first-order chi connectivity index (χ1) is 15.4. The molecule has 12 heteroatoms. The van der Waals surface area contributed by atoms with Gasteiger partial charge in [-0.25, -0.2) is 22.3 Å². The van der Waals surface area contributed by atoms with Crippen molar-refractivity contribution in [2.75, 3.05) is 39.7 Å². The molecule has 2 aromatic rings. The molecule has 0 aliphatic carbocycles. The second-order valence-electron chi connectivity index (χ2n) is 7.12. The van der Waals surface area contributed by atoms with Crippen LogP contribution in [-0.2, 0) is 24.3 Å². The molecule has 1 heterocycles. The maximum Gasteiger partial charge on any atom is 0.355 e. The molecule has 0 bridgehead atoms. The van der Waals surface area contributed by atoms with E-state index in [-0.39, 0.29) is 34.2 Å². The van der Waals surface area contributed by atoms with Crippen LogP contribution in [0.3, 0.4) is 0 Å². The van der Waals surface area contributed by atoms with Gasteiger partial charge in [0.05, 0.1) is 29.9 Å². The van der Waals surface area contributed by atoms with Gasteiger partial charge >= 0.3 is 11.9 Å². The summed E-state index contributed by atoms with van der Waals surface area (Å²) in [4.78, 5) is 39.6. The summed E-state index contributed by atoms with van der Waals surface area (Å²) < 4.78 is 41.0. The summed E-state index contributed by atoms with van der Waals surface area (Å²) in [7, 11) is 0.391. The predicted octanol–water partition coefficient (Wildman–Crippen LogP) is 1.86. The number of nitrogens with one attached hydrogen (secondary N) is 2. The molecule has 180 valence electrons. The molecule has 33 heavy (non-hydrogen) atoms. The minimum Gasteiger partial charge on any atom is -0.495 e. The van der Waals surface area contributed by atoms with E-state index < -0.39 is 34.5 Å². The number of ether oxygens (including phenoxy) is 3. The van der Waals surface area contributed by atoms with Crippen LogP contribution in [0.15, 0.2) is 23.1 Å². The fourth-order valence-electron chi connectivity index (χ4n) is 3.01. The van der Waals surface area contributed by atoms with Gasteiger partial charge in [-0.2, -0.15) is 0 Å². The maximum atomic E-state index is 12.5. The number of hydrogen-bond acceptors (Lipinski definition) is 8. The molecule has 1 aromatic carbocycles. The number of carbonyl (C=O) groups is 3. The second kappa shape index (κ2) is 10.5. The minimum atomic E-state index is -3.74. The first-order valence-electron chi connectivity index (χ1n) is 9.87. The van der Waals surface area contributed by atoms with Crippen molar-refractivity contribution in [1.82, 2.24) is 9.29 Å². The molecule has 0 atom stereocenters. The SMILES string of the molecule is CCOC(=O)c1c(C)[nH]c(C(=O)OCC(=O)Nc2cc(S(=O)(=O)N(C)C)ccc2OC)c1C. The van der Waals surface area contributed by atoms with Crippen molar-refractivity contribution in [3.05, 3.63) is 40.7 Å². The Morgan fingerprint density at radius 3 is 2.33 bits per heavy atom. The van der Waals surface area contributed by atoms with Crippen LogP contribution in [0.2, 0.25) is 0 Å². The Hall–Kier alpha value is -3.38. The fraction of sp³-hybridized carbons (Fsp3) is 0.381. The van der Waals surface area contributed by atoms with Gasteiger partial charge in [0.15, 0.2) is 6.61 Å². The van der Waals surface area contributed by atoms with E-state index in [0.717, 1.165) is 4.31 Å². The van der Waals surface area contributed by atoms with Crippen LogP contribution in [0.5, 0.6) is 5.75 Å². The highest BCUT2D eigenvalue weighted by atomic mass is 32.2. The van der Waals surface area contributed by atoms with Crippen LogP contribution in [0, 0.1) is 13.8 Å². The molecule has 11 nitrogen and oxygen atoms in total. The minimum absolute atomic E-state index is 0.0278. The highest BCUT2D eigenvalue weighted by molar-refractivity contribution is 7.89. The number of aromatic nitrogens is 1. The molecular weight excluding hydrogens is 454 g/mol. The van der Waals surface area contributed by atoms with Crippen molar-refractivity contribution in [3.63, 3.8) is 0 Å². The summed E-state index contributed by atoms with van der Waals surface area (Å²) in [6.07, 6.45) is 0. The number of benzene rings is 1. The largest absolute Gasteiger partial charge is 0.495 e. The third-order valence-electron chi connectivity index (χ3n) is 4.68. The molecule has 0 saturated heterocycles. The molecule has 0 radical (unpaired) electrons. The Kier molecular flexibility index (Phi) is 8.23. The van der Waals surface area contributed by atoms with Gasteiger partial charge in [0.1, 0.15) is 11.4 Å². The molecule has 0 fully saturated rings. The van der Waals surface area contributed by atoms with Gasteiger partial charge in [0.2, 0.25) is 10.0 Å². The van der Waals surface area contributed by atoms with E-state index in [9.17, 15) is 22.8 Å². The van der Waals surface area contributed by atoms with Crippen molar-refractivity contribution < 1.29 is 37.0 Å². The topological polar surface area (TPSA) is 144 Å². The highest BCUT2D eigenvalue weighted by Gasteiger charge is 2.25. The van der Waals surface area contributed by atoms with Crippen LogP contribution < -0.4 is 10.1 Å². The van der Waals surface area contributed by atoms with Crippen LogP contribution in [0.4, 0.5) is 5.69 Å². The number of sulfonamides is 1. The second-order valence-corrected chi connectivity index (χ2v) is 9.27. The van der Waals surface area contributed by atoms with Crippen molar-refractivity contribution in [3.8, 4) is 5.75 Å². The highest BCUT2D eigenvalue weighted by Crippen LogP contribution is 2.28. The average molecular weight is 482 g/mol. The van der Waals surface area contributed by atoms with E-state index in [0.29, 0.717) is 11.3 Å². The number of carbonyl (C=O) groups excluding carboxylic acids is 3.